The molecule has 4 amide bonds. The molecule has 0 saturated carbocycles. The highest BCUT2D eigenvalue weighted by molar-refractivity contribution is 5.89. The Bertz CT molecular complexity index is 1430. The van der Waals surface area contributed by atoms with E-state index in [4.69, 9.17) is 9.47 Å². The first kappa shape index (κ1) is 45.0. The zero-order chi connectivity index (χ0) is 40.0. The van der Waals surface area contributed by atoms with Crippen LogP contribution in [0.2, 0.25) is 0 Å². The second-order valence-electron chi connectivity index (χ2n) is 14.8. The van der Waals surface area contributed by atoms with Gasteiger partial charge in [-0.3, -0.25) is 29.3 Å². The largest absolute Gasteiger partial charge is 0.379 e. The summed E-state index contributed by atoms with van der Waals surface area (Å²) in [5, 5.41) is 26.5. The Hall–Kier alpha value is -4.13. The Morgan fingerprint density at radius 2 is 1.77 bits per heavy atom. The molecular weight excluding hydrogens is 682 g/mol. The number of carbonyl (C=O) groups excluding carboxylic acids is 4. The number of nitriles is 1. The van der Waals surface area contributed by atoms with Crippen molar-refractivity contribution < 1.29 is 33.6 Å². The summed E-state index contributed by atoms with van der Waals surface area (Å²) in [6, 6.07) is 5.96. The van der Waals surface area contributed by atoms with Crippen LogP contribution in [0.15, 0.2) is 24.3 Å². The zero-order valence-corrected chi connectivity index (χ0v) is 33.2. The molecule has 2 rings (SSSR count). The maximum atomic E-state index is 14.1. The molecule has 1 fully saturated rings. The van der Waals surface area contributed by atoms with E-state index in [0.29, 0.717) is 31.4 Å². The van der Waals surface area contributed by atoms with Crippen LogP contribution >= 0.6 is 0 Å². The van der Waals surface area contributed by atoms with Gasteiger partial charge < -0.3 is 34.8 Å². The van der Waals surface area contributed by atoms with Crippen molar-refractivity contribution in [1.29, 1.82) is 5.26 Å². The number of hydrogen-bond acceptors (Lipinski definition) is 10. The van der Waals surface area contributed by atoms with E-state index in [0.717, 1.165) is 0 Å². The number of likely N-dealkylation sites (tertiary alicyclic amines) is 1. The second-order valence-corrected chi connectivity index (χ2v) is 14.8. The minimum Gasteiger partial charge on any atom is -0.379 e. The summed E-state index contributed by atoms with van der Waals surface area (Å²) in [6.45, 7) is 10.1. The Balaban J connectivity index is 2.25. The lowest BCUT2D eigenvalue weighted by Crippen LogP contribution is -2.58. The summed E-state index contributed by atoms with van der Waals surface area (Å²) in [5.41, 5.74) is 0.546. The Morgan fingerprint density at radius 3 is 2.32 bits per heavy atom. The number of ether oxygens (including phenoxy) is 2. The number of carbonyl (C=O) groups is 4. The fraction of sp³-hybridized carbons (Fsp3) is 0.711. The molecule has 1 aliphatic heterocycles. The summed E-state index contributed by atoms with van der Waals surface area (Å²) in [7, 11) is 8.29. The summed E-state index contributed by atoms with van der Waals surface area (Å²) >= 11 is 0. The van der Waals surface area contributed by atoms with Gasteiger partial charge in [0.15, 0.2) is 0 Å². The van der Waals surface area contributed by atoms with E-state index in [1.165, 1.54) is 26.4 Å². The third kappa shape index (κ3) is 12.8. The topological polar surface area (TPSA) is 187 Å². The minimum absolute atomic E-state index is 0.0000854. The Kier molecular flexibility index (Phi) is 18.3. The number of amides is 4. The van der Waals surface area contributed by atoms with Crippen LogP contribution < -0.4 is 10.6 Å². The van der Waals surface area contributed by atoms with Crippen LogP contribution in [0.4, 0.5) is 5.69 Å². The molecule has 15 nitrogen and oxygen atoms in total. The van der Waals surface area contributed by atoms with E-state index in [1.54, 1.807) is 54.9 Å². The molecule has 1 aromatic rings. The molecule has 1 saturated heterocycles. The van der Waals surface area contributed by atoms with E-state index in [1.807, 2.05) is 27.7 Å². The van der Waals surface area contributed by atoms with Crippen molar-refractivity contribution in [1.82, 2.24) is 25.3 Å². The first-order valence-corrected chi connectivity index (χ1v) is 18.5. The standard InChI is InChI=1S/C38H61N7O8/c1-11-25(4)35(43(8)38(49)34(24(2)3)41-32(46)23-42(6)7)31(52-9)22-33(47)44-19-13-16-30(44)36(53-10)26(5)37(48)40-28(17-18-39)20-27-14-12-15-29(21-27)45(50)51/h12,14-15,21,24-26,28,30-31,34-36H,11,13,16-17,19-20,22-23H2,1-10H3,(H,40,48)(H,41,46)/t25-,26+,28+,30-,31+,34?,35-,36+/m0/s1. The number of nitro benzene ring substituents is 1. The molecular formula is C38H61N7O8. The zero-order valence-electron chi connectivity index (χ0n) is 33.2. The summed E-state index contributed by atoms with van der Waals surface area (Å²) < 4.78 is 11.9. The normalized spacial score (nSPS) is 18.3. The number of hydrogen-bond donors (Lipinski definition) is 2. The van der Waals surface area contributed by atoms with Gasteiger partial charge in [0, 0.05) is 46.0 Å². The van der Waals surface area contributed by atoms with Crippen molar-refractivity contribution in [2.24, 2.45) is 17.8 Å². The van der Waals surface area contributed by atoms with E-state index in [9.17, 15) is 34.6 Å². The molecule has 0 radical (unpaired) electrons. The van der Waals surface area contributed by atoms with Gasteiger partial charge >= 0.3 is 0 Å². The third-order valence-corrected chi connectivity index (χ3v) is 10.3. The predicted molar refractivity (Wildman–Crippen MR) is 200 cm³/mol. The maximum Gasteiger partial charge on any atom is 0.269 e. The van der Waals surface area contributed by atoms with Crippen LogP contribution in [0.1, 0.15) is 72.3 Å². The van der Waals surface area contributed by atoms with Crippen molar-refractivity contribution in [3.05, 3.63) is 39.9 Å². The van der Waals surface area contributed by atoms with Gasteiger partial charge in [0.2, 0.25) is 23.6 Å². The molecule has 0 aromatic heterocycles. The molecule has 8 atom stereocenters. The van der Waals surface area contributed by atoms with Crippen molar-refractivity contribution in [3.63, 3.8) is 0 Å². The number of likely N-dealkylation sites (N-methyl/N-ethyl adjacent to an activating group) is 2. The van der Waals surface area contributed by atoms with Crippen molar-refractivity contribution in [2.75, 3.05) is 48.5 Å². The number of rotatable bonds is 21. The molecule has 15 heteroatoms. The van der Waals surface area contributed by atoms with Gasteiger partial charge in [-0.2, -0.15) is 5.26 Å². The van der Waals surface area contributed by atoms with Crippen LogP contribution in [0.5, 0.6) is 0 Å². The smallest absolute Gasteiger partial charge is 0.269 e. The Morgan fingerprint density at radius 1 is 1.09 bits per heavy atom. The molecule has 53 heavy (non-hydrogen) atoms. The van der Waals surface area contributed by atoms with Gasteiger partial charge in [-0.15, -0.1) is 0 Å². The molecule has 296 valence electrons. The van der Waals surface area contributed by atoms with E-state index < -0.39 is 47.2 Å². The number of non-ortho nitro benzene ring substituents is 1. The lowest BCUT2D eigenvalue weighted by molar-refractivity contribution is -0.384. The second kappa shape index (κ2) is 21.5. The van der Waals surface area contributed by atoms with Crippen molar-refractivity contribution in [2.45, 2.75) is 110 Å². The number of nitro groups is 1. The van der Waals surface area contributed by atoms with Crippen LogP contribution in [-0.4, -0.2) is 128 Å². The monoisotopic (exact) mass is 743 g/mol. The number of benzene rings is 1. The Labute approximate surface area is 314 Å². The fourth-order valence-corrected chi connectivity index (χ4v) is 7.24. The van der Waals surface area contributed by atoms with E-state index >= 15 is 0 Å². The van der Waals surface area contributed by atoms with Crippen molar-refractivity contribution in [3.8, 4) is 6.07 Å². The minimum atomic E-state index is -0.760. The average Bonchev–Trinajstić information content (AvgIpc) is 3.59. The van der Waals surface area contributed by atoms with Gasteiger partial charge in [0.25, 0.3) is 5.69 Å². The van der Waals surface area contributed by atoms with Crippen LogP contribution in [-0.2, 0) is 35.1 Å². The van der Waals surface area contributed by atoms with Gasteiger partial charge in [-0.1, -0.05) is 53.2 Å². The SMILES string of the molecule is CC[C@H](C)[C@@H]([C@@H](CC(=O)N1CCC[C@H]1[C@H](OC)[C@@H](C)C(=O)N[C@H](CC#N)Cc1cccc([N+](=O)[O-])c1)OC)N(C)C(=O)C(NC(=O)CN(C)C)C(C)C. The predicted octanol–water partition coefficient (Wildman–Crippen LogP) is 3.16. The molecule has 0 spiro atoms. The first-order valence-electron chi connectivity index (χ1n) is 18.5. The van der Waals surface area contributed by atoms with Gasteiger partial charge in [-0.25, -0.2) is 0 Å². The van der Waals surface area contributed by atoms with Crippen LogP contribution in [0, 0.1) is 39.2 Å². The number of nitrogens with zero attached hydrogens (tertiary/aromatic N) is 5. The highest BCUT2D eigenvalue weighted by atomic mass is 16.6. The molecule has 2 N–H and O–H groups in total. The van der Waals surface area contributed by atoms with Crippen molar-refractivity contribution >= 4 is 29.3 Å². The molecule has 1 unspecified atom stereocenters. The average molecular weight is 744 g/mol. The van der Waals surface area contributed by atoms with Crippen LogP contribution in [0.3, 0.4) is 0 Å². The van der Waals surface area contributed by atoms with Gasteiger partial charge in [0.05, 0.1) is 60.6 Å². The quantitative estimate of drug-likeness (QED) is 0.140. The van der Waals surface area contributed by atoms with Gasteiger partial charge in [-0.05, 0) is 50.8 Å². The molecule has 1 heterocycles. The third-order valence-electron chi connectivity index (χ3n) is 10.3. The van der Waals surface area contributed by atoms with E-state index in [-0.39, 0.29) is 67.0 Å². The summed E-state index contributed by atoms with van der Waals surface area (Å²) in [4.78, 5) is 70.2. The lowest BCUT2D eigenvalue weighted by atomic mass is 9.89. The molecule has 1 aromatic carbocycles. The maximum absolute atomic E-state index is 14.1. The molecule has 0 bridgehead atoms. The number of nitrogens with one attached hydrogen (secondary N) is 2. The summed E-state index contributed by atoms with van der Waals surface area (Å²) in [5.74, 6) is -1.97. The number of methoxy groups -OCH3 is 2. The molecule has 1 aliphatic rings. The fourth-order valence-electron chi connectivity index (χ4n) is 7.24. The summed E-state index contributed by atoms with van der Waals surface area (Å²) in [6.07, 6.45) is 0.951. The van der Waals surface area contributed by atoms with E-state index in [2.05, 4.69) is 16.7 Å². The van der Waals surface area contributed by atoms with Crippen LogP contribution in [0.25, 0.3) is 0 Å². The highest BCUT2D eigenvalue weighted by Crippen LogP contribution is 2.30. The lowest BCUT2D eigenvalue weighted by Gasteiger charge is -2.41. The highest BCUT2D eigenvalue weighted by Gasteiger charge is 2.43. The molecule has 0 aliphatic carbocycles. The first-order chi connectivity index (χ1) is 25.0. The van der Waals surface area contributed by atoms with Gasteiger partial charge in [0.1, 0.15) is 6.04 Å².